The molecule has 0 aliphatic carbocycles. The predicted molar refractivity (Wildman–Crippen MR) is 117 cm³/mol. The highest BCUT2D eigenvalue weighted by Crippen LogP contribution is 2.43. The van der Waals surface area contributed by atoms with E-state index in [1.165, 1.54) is 23.3 Å². The second-order valence-electron chi connectivity index (χ2n) is 7.05. The molecule has 0 saturated carbocycles. The van der Waals surface area contributed by atoms with Crippen LogP contribution in [0.4, 0.5) is 25.3 Å². The highest BCUT2D eigenvalue weighted by molar-refractivity contribution is 7.22. The van der Waals surface area contributed by atoms with Gasteiger partial charge in [0.1, 0.15) is 11.3 Å². The molecule has 0 amide bonds. The van der Waals surface area contributed by atoms with E-state index in [2.05, 4.69) is 15.3 Å². The summed E-state index contributed by atoms with van der Waals surface area (Å²) in [6.45, 7) is 1.37. The first kappa shape index (κ1) is 19.2. The fourth-order valence-corrected chi connectivity index (χ4v) is 4.71. The molecule has 2 aromatic heterocycles. The minimum Gasteiger partial charge on any atom is -0.396 e. The van der Waals surface area contributed by atoms with Gasteiger partial charge in [-0.3, -0.25) is 4.98 Å². The first-order valence-corrected chi connectivity index (χ1v) is 10.2. The molecule has 7 N–H and O–H groups in total. The number of hydrogen-bond donors (Lipinski definition) is 4. The number of halogens is 3. The van der Waals surface area contributed by atoms with Gasteiger partial charge in [-0.05, 0) is 18.2 Å². The number of benzene rings is 2. The lowest BCUT2D eigenvalue weighted by Gasteiger charge is -2.37. The van der Waals surface area contributed by atoms with Crippen molar-refractivity contribution in [2.75, 3.05) is 29.6 Å². The molecule has 0 spiro atoms. The number of anilines is 3. The molecule has 30 heavy (non-hydrogen) atoms. The van der Waals surface area contributed by atoms with E-state index in [-0.39, 0.29) is 37.5 Å². The van der Waals surface area contributed by atoms with Crippen LogP contribution in [0.2, 0.25) is 5.02 Å². The summed E-state index contributed by atoms with van der Waals surface area (Å²) in [5.74, 6) is 5.11. The number of nitrogens with zero attached hydrogens (tertiary/aromatic N) is 3. The normalized spacial score (nSPS) is 14.4. The number of fused-ring (bicyclic) bond motifs is 2. The van der Waals surface area contributed by atoms with E-state index in [0.29, 0.717) is 35.4 Å². The maximum Gasteiger partial charge on any atom is 0.181 e. The van der Waals surface area contributed by atoms with Crippen LogP contribution in [0.3, 0.4) is 0 Å². The van der Waals surface area contributed by atoms with E-state index in [4.69, 9.17) is 28.9 Å². The summed E-state index contributed by atoms with van der Waals surface area (Å²) >= 11 is 7.51. The first-order valence-electron chi connectivity index (χ1n) is 9.02. The van der Waals surface area contributed by atoms with Crippen LogP contribution in [0.25, 0.3) is 32.2 Å². The smallest absolute Gasteiger partial charge is 0.181 e. The summed E-state index contributed by atoms with van der Waals surface area (Å²) < 4.78 is 30.1. The van der Waals surface area contributed by atoms with Gasteiger partial charge in [0.05, 0.1) is 38.9 Å². The minimum atomic E-state index is -0.668. The maximum atomic E-state index is 15.7. The van der Waals surface area contributed by atoms with Crippen LogP contribution in [-0.4, -0.2) is 29.1 Å². The number of nitrogens with two attached hydrogens (primary N) is 3. The maximum absolute atomic E-state index is 15.7. The molecule has 154 valence electrons. The molecule has 1 aliphatic heterocycles. The predicted octanol–water partition coefficient (Wildman–Crippen LogP) is 3.26. The Bertz CT molecular complexity index is 1320. The van der Waals surface area contributed by atoms with Crippen molar-refractivity contribution in [3.8, 4) is 11.1 Å². The quantitative estimate of drug-likeness (QED) is 0.281. The van der Waals surface area contributed by atoms with Gasteiger partial charge < -0.3 is 21.8 Å². The molecular formula is C19H16ClF2N7S. The molecule has 3 heterocycles. The van der Waals surface area contributed by atoms with E-state index in [1.54, 1.807) is 6.07 Å². The van der Waals surface area contributed by atoms with E-state index < -0.39 is 11.6 Å². The van der Waals surface area contributed by atoms with Crippen LogP contribution in [0.1, 0.15) is 0 Å². The average molecular weight is 448 g/mol. The number of pyridine rings is 1. The van der Waals surface area contributed by atoms with Crippen molar-refractivity contribution < 1.29 is 8.78 Å². The third-order valence-corrected chi connectivity index (χ3v) is 6.44. The van der Waals surface area contributed by atoms with E-state index in [1.807, 2.05) is 0 Å². The van der Waals surface area contributed by atoms with Crippen LogP contribution < -0.4 is 27.6 Å². The Kier molecular flexibility index (Phi) is 4.40. The average Bonchev–Trinajstić information content (AvgIpc) is 3.04. The van der Waals surface area contributed by atoms with Crippen molar-refractivity contribution in [3.63, 3.8) is 0 Å². The van der Waals surface area contributed by atoms with E-state index >= 15 is 4.39 Å². The summed E-state index contributed by atoms with van der Waals surface area (Å²) in [4.78, 5) is 8.35. The summed E-state index contributed by atoms with van der Waals surface area (Å²) in [5.41, 5.74) is 13.3. The summed E-state index contributed by atoms with van der Waals surface area (Å²) in [7, 11) is 0. The Morgan fingerprint density at radius 2 is 1.97 bits per heavy atom. The second-order valence-corrected chi connectivity index (χ2v) is 8.49. The summed E-state index contributed by atoms with van der Waals surface area (Å²) in [6.07, 6.45) is 1.37. The minimum absolute atomic E-state index is 0.0223. The summed E-state index contributed by atoms with van der Waals surface area (Å²) in [5, 5.41) is 5.32. The second kappa shape index (κ2) is 6.88. The van der Waals surface area contributed by atoms with E-state index in [0.717, 1.165) is 11.3 Å². The molecule has 0 unspecified atom stereocenters. The molecule has 5 rings (SSSR count). The van der Waals surface area contributed by atoms with Crippen molar-refractivity contribution in [1.29, 1.82) is 0 Å². The van der Waals surface area contributed by atoms with Gasteiger partial charge in [-0.15, -0.1) is 0 Å². The van der Waals surface area contributed by atoms with Crippen LogP contribution in [0, 0.1) is 11.6 Å². The monoisotopic (exact) mass is 447 g/mol. The largest absolute Gasteiger partial charge is 0.396 e. The van der Waals surface area contributed by atoms with Crippen molar-refractivity contribution >= 4 is 60.6 Å². The third kappa shape index (κ3) is 2.76. The molecular weight excluding hydrogens is 432 g/mol. The Morgan fingerprint density at radius 1 is 1.20 bits per heavy atom. The van der Waals surface area contributed by atoms with Gasteiger partial charge in [0, 0.05) is 29.6 Å². The zero-order chi connectivity index (χ0) is 21.2. The van der Waals surface area contributed by atoms with Crippen molar-refractivity contribution in [2.45, 2.75) is 6.04 Å². The zero-order valence-electron chi connectivity index (χ0n) is 15.4. The molecule has 4 aromatic rings. The molecule has 1 fully saturated rings. The van der Waals surface area contributed by atoms with Crippen LogP contribution in [0.15, 0.2) is 24.4 Å². The van der Waals surface area contributed by atoms with Gasteiger partial charge in [-0.1, -0.05) is 22.9 Å². The lowest BCUT2D eigenvalue weighted by molar-refractivity contribution is 0.418. The van der Waals surface area contributed by atoms with E-state index in [9.17, 15) is 4.39 Å². The third-order valence-electron chi connectivity index (χ3n) is 5.25. The van der Waals surface area contributed by atoms with Crippen molar-refractivity contribution in [1.82, 2.24) is 15.3 Å². The highest BCUT2D eigenvalue weighted by Gasteiger charge is 2.28. The molecule has 0 radical (unpaired) electrons. The molecule has 7 nitrogen and oxygen atoms in total. The molecule has 0 bridgehead atoms. The number of rotatable bonds is 3. The summed E-state index contributed by atoms with van der Waals surface area (Å²) in [6, 6.07) is 4.27. The lowest BCUT2D eigenvalue weighted by atomic mass is 10.00. The Morgan fingerprint density at radius 3 is 2.67 bits per heavy atom. The fourth-order valence-electron chi connectivity index (χ4n) is 3.65. The van der Waals surface area contributed by atoms with Gasteiger partial charge in [0.2, 0.25) is 0 Å². The Balaban J connectivity index is 1.78. The lowest BCUT2D eigenvalue weighted by Crippen LogP contribution is -2.60. The van der Waals surface area contributed by atoms with Gasteiger partial charge in [0.15, 0.2) is 10.9 Å². The van der Waals surface area contributed by atoms with Crippen LogP contribution in [0.5, 0.6) is 0 Å². The number of hydrazine groups is 1. The number of nitrogens with one attached hydrogen (secondary N) is 1. The van der Waals surface area contributed by atoms with Crippen LogP contribution in [-0.2, 0) is 0 Å². The van der Waals surface area contributed by atoms with Gasteiger partial charge in [-0.25, -0.2) is 19.6 Å². The highest BCUT2D eigenvalue weighted by atomic mass is 35.5. The molecule has 1 saturated heterocycles. The fraction of sp³-hybridized carbons (Fsp3) is 0.158. The number of hydrogen-bond acceptors (Lipinski definition) is 8. The topological polar surface area (TPSA) is 119 Å². The molecule has 0 atom stereocenters. The SMILES string of the molecule is Nc1nc2c(-c3c(Cl)cc4c(N(N)C5CNC5)c(N)cnc4c3F)ccc(F)c2s1. The molecule has 1 aliphatic rings. The standard InChI is InChI=1S/C19H16ClF2N7S/c20-10-3-9-15(27-6-12(23)17(9)29(25)7-4-26-5-7)14(22)13(10)8-1-2-11(21)18-16(8)28-19(24)30-18/h1-3,6-7,26H,4-5,23,25H2,(H2,24,28). The number of thiazole rings is 1. The van der Waals surface area contributed by atoms with Crippen LogP contribution >= 0.6 is 22.9 Å². The molecule has 11 heteroatoms. The Labute approximate surface area is 178 Å². The molecule has 2 aromatic carbocycles. The Hall–Kier alpha value is -2.79. The van der Waals surface area contributed by atoms with Gasteiger partial charge in [0.25, 0.3) is 0 Å². The van der Waals surface area contributed by atoms with Gasteiger partial charge in [-0.2, -0.15) is 0 Å². The zero-order valence-corrected chi connectivity index (χ0v) is 17.0. The van der Waals surface area contributed by atoms with Gasteiger partial charge >= 0.3 is 0 Å². The first-order chi connectivity index (χ1) is 14.4. The number of nitrogen functional groups attached to an aromatic ring is 2. The van der Waals surface area contributed by atoms with Crippen molar-refractivity contribution in [2.24, 2.45) is 5.84 Å². The number of aromatic nitrogens is 2. The van der Waals surface area contributed by atoms with Crippen molar-refractivity contribution in [3.05, 3.63) is 41.1 Å².